The minimum Gasteiger partial charge on any atom is -0.377 e. The third-order valence-electron chi connectivity index (χ3n) is 4.10. The van der Waals surface area contributed by atoms with Gasteiger partial charge in [-0.25, -0.2) is 4.68 Å². The van der Waals surface area contributed by atoms with Gasteiger partial charge in [-0.05, 0) is 23.8 Å². The molecule has 2 aromatic carbocycles. The number of nitro benzene ring substituents is 1. The number of nitrogens with zero attached hydrogens (tertiary/aromatic N) is 4. The minimum atomic E-state index is -0.511. The quantitative estimate of drug-likeness (QED) is 0.535. The molecule has 3 rings (SSSR count). The first-order valence-electron chi connectivity index (χ1n) is 8.29. The second-order valence-electron chi connectivity index (χ2n) is 6.12. The number of non-ortho nitro benzene ring substituents is 1. The zero-order valence-corrected chi connectivity index (χ0v) is 15.0. The standard InChI is InChI=1S/C19H19N5O3/c1-22(2)18-9-8-15(24(26)27)12-16(18)19(25)20-13-14-6-3-4-7-17(14)23-11-5-10-21-23/h3-12H,13H2,1-2H3,(H,20,25). The van der Waals surface area contributed by atoms with Gasteiger partial charge in [-0.1, -0.05) is 18.2 Å². The second kappa shape index (κ2) is 7.69. The molecule has 1 amide bonds. The first-order chi connectivity index (χ1) is 13.0. The Morgan fingerprint density at radius 3 is 2.67 bits per heavy atom. The highest BCUT2D eigenvalue weighted by Gasteiger charge is 2.18. The van der Waals surface area contributed by atoms with E-state index in [-0.39, 0.29) is 23.7 Å². The fourth-order valence-electron chi connectivity index (χ4n) is 2.78. The smallest absolute Gasteiger partial charge is 0.270 e. The summed E-state index contributed by atoms with van der Waals surface area (Å²) in [5.74, 6) is -0.377. The molecular formula is C19H19N5O3. The number of nitrogens with one attached hydrogen (secondary N) is 1. The molecule has 0 aliphatic rings. The van der Waals surface area contributed by atoms with Crippen LogP contribution in [0.25, 0.3) is 5.69 Å². The highest BCUT2D eigenvalue weighted by Crippen LogP contribution is 2.24. The summed E-state index contributed by atoms with van der Waals surface area (Å²) in [7, 11) is 3.57. The molecule has 0 aliphatic heterocycles. The number of carbonyl (C=O) groups is 1. The number of hydrogen-bond donors (Lipinski definition) is 1. The van der Waals surface area contributed by atoms with Gasteiger partial charge in [0.2, 0.25) is 0 Å². The van der Waals surface area contributed by atoms with Crippen LogP contribution in [0, 0.1) is 10.1 Å². The summed E-state index contributed by atoms with van der Waals surface area (Å²) < 4.78 is 1.72. The molecule has 0 radical (unpaired) electrons. The molecule has 0 atom stereocenters. The molecule has 0 saturated heterocycles. The molecule has 0 spiro atoms. The number of hydrogen-bond acceptors (Lipinski definition) is 5. The van der Waals surface area contributed by atoms with Crippen molar-refractivity contribution in [2.24, 2.45) is 0 Å². The molecule has 1 aromatic heterocycles. The number of anilines is 1. The van der Waals surface area contributed by atoms with Crippen LogP contribution < -0.4 is 10.2 Å². The van der Waals surface area contributed by atoms with Crippen LogP contribution in [0.4, 0.5) is 11.4 Å². The van der Waals surface area contributed by atoms with Gasteiger partial charge < -0.3 is 10.2 Å². The number of nitro groups is 1. The van der Waals surface area contributed by atoms with E-state index >= 15 is 0 Å². The summed E-state index contributed by atoms with van der Waals surface area (Å²) in [6.07, 6.45) is 3.51. The van der Waals surface area contributed by atoms with Gasteiger partial charge in [0.25, 0.3) is 11.6 Å². The molecule has 8 nitrogen and oxygen atoms in total. The van der Waals surface area contributed by atoms with Crippen molar-refractivity contribution in [3.05, 3.63) is 82.2 Å². The Morgan fingerprint density at radius 2 is 2.00 bits per heavy atom. The van der Waals surface area contributed by atoms with Crippen molar-refractivity contribution in [3.8, 4) is 5.69 Å². The zero-order chi connectivity index (χ0) is 19.4. The van der Waals surface area contributed by atoms with Gasteiger partial charge in [0.05, 0.1) is 16.2 Å². The van der Waals surface area contributed by atoms with Crippen LogP contribution in [0.1, 0.15) is 15.9 Å². The second-order valence-corrected chi connectivity index (χ2v) is 6.12. The summed E-state index contributed by atoms with van der Waals surface area (Å²) in [5.41, 5.74) is 2.48. The lowest BCUT2D eigenvalue weighted by Crippen LogP contribution is -2.26. The summed E-state index contributed by atoms with van der Waals surface area (Å²) in [5, 5.41) is 18.1. The van der Waals surface area contributed by atoms with E-state index in [9.17, 15) is 14.9 Å². The third-order valence-corrected chi connectivity index (χ3v) is 4.10. The fourth-order valence-corrected chi connectivity index (χ4v) is 2.78. The van der Waals surface area contributed by atoms with Crippen LogP contribution >= 0.6 is 0 Å². The number of amides is 1. The van der Waals surface area contributed by atoms with Crippen LogP contribution in [-0.4, -0.2) is 34.7 Å². The van der Waals surface area contributed by atoms with Gasteiger partial charge in [-0.3, -0.25) is 14.9 Å². The van der Waals surface area contributed by atoms with Crippen molar-refractivity contribution >= 4 is 17.3 Å². The number of rotatable bonds is 6. The van der Waals surface area contributed by atoms with Crippen molar-refractivity contribution in [1.29, 1.82) is 0 Å². The summed E-state index contributed by atoms with van der Waals surface area (Å²) in [6, 6.07) is 13.7. The normalized spacial score (nSPS) is 10.4. The van der Waals surface area contributed by atoms with Crippen molar-refractivity contribution in [1.82, 2.24) is 15.1 Å². The Bertz CT molecular complexity index is 967. The molecule has 0 aliphatic carbocycles. The van der Waals surface area contributed by atoms with Crippen molar-refractivity contribution < 1.29 is 9.72 Å². The number of aromatic nitrogens is 2. The molecule has 3 aromatic rings. The van der Waals surface area contributed by atoms with Crippen molar-refractivity contribution in [3.63, 3.8) is 0 Å². The molecule has 8 heteroatoms. The maximum atomic E-state index is 12.7. The molecular weight excluding hydrogens is 346 g/mol. The molecule has 0 saturated carbocycles. The van der Waals surface area contributed by atoms with Crippen LogP contribution in [0.5, 0.6) is 0 Å². The number of para-hydroxylation sites is 1. The van der Waals surface area contributed by atoms with Gasteiger partial charge in [-0.2, -0.15) is 5.10 Å². The van der Waals surface area contributed by atoms with Crippen LogP contribution in [0.2, 0.25) is 0 Å². The van der Waals surface area contributed by atoms with E-state index < -0.39 is 4.92 Å². The average Bonchev–Trinajstić information content (AvgIpc) is 3.20. The van der Waals surface area contributed by atoms with Gasteiger partial charge >= 0.3 is 0 Å². The van der Waals surface area contributed by atoms with E-state index in [0.29, 0.717) is 5.69 Å². The van der Waals surface area contributed by atoms with E-state index in [2.05, 4.69) is 10.4 Å². The topological polar surface area (TPSA) is 93.3 Å². The largest absolute Gasteiger partial charge is 0.377 e. The monoisotopic (exact) mass is 365 g/mol. The Kier molecular flexibility index (Phi) is 5.16. The Hall–Kier alpha value is -3.68. The first kappa shape index (κ1) is 18.1. The average molecular weight is 365 g/mol. The molecule has 1 N–H and O–H groups in total. The van der Waals surface area contributed by atoms with E-state index in [1.165, 1.54) is 12.1 Å². The lowest BCUT2D eigenvalue weighted by Gasteiger charge is -2.17. The van der Waals surface area contributed by atoms with Gasteiger partial charge in [0.15, 0.2) is 0 Å². The Balaban J connectivity index is 1.85. The molecule has 27 heavy (non-hydrogen) atoms. The van der Waals surface area contributed by atoms with E-state index in [1.54, 1.807) is 35.9 Å². The highest BCUT2D eigenvalue weighted by molar-refractivity contribution is 6.00. The predicted octanol–water partition coefficient (Wildman–Crippen LogP) is 2.78. The molecule has 1 heterocycles. The van der Waals surface area contributed by atoms with Crippen LogP contribution in [-0.2, 0) is 6.54 Å². The zero-order valence-electron chi connectivity index (χ0n) is 15.0. The summed E-state index contributed by atoms with van der Waals surface area (Å²) in [6.45, 7) is 0.268. The minimum absolute atomic E-state index is 0.123. The van der Waals surface area contributed by atoms with E-state index in [1.807, 2.05) is 36.5 Å². The molecule has 0 fully saturated rings. The van der Waals surface area contributed by atoms with E-state index in [4.69, 9.17) is 0 Å². The molecule has 0 bridgehead atoms. The third kappa shape index (κ3) is 3.95. The SMILES string of the molecule is CN(C)c1ccc([N+](=O)[O-])cc1C(=O)NCc1ccccc1-n1cccn1. The summed E-state index contributed by atoms with van der Waals surface area (Å²) in [4.78, 5) is 25.0. The number of benzene rings is 2. The molecule has 138 valence electrons. The summed E-state index contributed by atoms with van der Waals surface area (Å²) >= 11 is 0. The molecule has 0 unspecified atom stereocenters. The fraction of sp³-hybridized carbons (Fsp3) is 0.158. The first-order valence-corrected chi connectivity index (χ1v) is 8.29. The van der Waals surface area contributed by atoms with Gasteiger partial charge in [0, 0.05) is 50.9 Å². The highest BCUT2D eigenvalue weighted by atomic mass is 16.6. The predicted molar refractivity (Wildman–Crippen MR) is 102 cm³/mol. The van der Waals surface area contributed by atoms with Crippen LogP contribution in [0.3, 0.4) is 0 Å². The van der Waals surface area contributed by atoms with Gasteiger partial charge in [0.1, 0.15) is 0 Å². The lowest BCUT2D eigenvalue weighted by atomic mass is 10.1. The Labute approximate surface area is 156 Å². The van der Waals surface area contributed by atoms with Gasteiger partial charge in [-0.15, -0.1) is 0 Å². The maximum Gasteiger partial charge on any atom is 0.270 e. The Morgan fingerprint density at radius 1 is 1.22 bits per heavy atom. The van der Waals surface area contributed by atoms with Crippen molar-refractivity contribution in [2.45, 2.75) is 6.54 Å². The lowest BCUT2D eigenvalue weighted by molar-refractivity contribution is -0.384. The van der Waals surface area contributed by atoms with Crippen molar-refractivity contribution in [2.75, 3.05) is 19.0 Å². The number of carbonyl (C=O) groups excluding carboxylic acids is 1. The van der Waals surface area contributed by atoms with E-state index in [0.717, 1.165) is 11.3 Å². The maximum absolute atomic E-state index is 12.7. The van der Waals surface area contributed by atoms with Crippen LogP contribution in [0.15, 0.2) is 60.9 Å².